The second-order valence-electron chi connectivity index (χ2n) is 8.19. The summed E-state index contributed by atoms with van der Waals surface area (Å²) in [5.41, 5.74) is 0.228. The zero-order valence-corrected chi connectivity index (χ0v) is 18.6. The van der Waals surface area contributed by atoms with Crippen LogP contribution in [-0.4, -0.2) is 78.2 Å². The molecule has 1 aromatic rings. The molecule has 9 heteroatoms. The molecule has 0 spiro atoms. The van der Waals surface area contributed by atoms with Gasteiger partial charge in [-0.2, -0.15) is 9.89 Å². The molecule has 1 saturated carbocycles. The lowest BCUT2D eigenvalue weighted by atomic mass is 9.79. The maximum Gasteiger partial charge on any atom is 0.410 e. The Morgan fingerprint density at radius 1 is 1.38 bits per heavy atom. The fraction of sp³-hybridized carbons (Fsp3) is 0.650. The van der Waals surface area contributed by atoms with Crippen molar-refractivity contribution in [1.82, 2.24) is 19.8 Å². The Kier molecular flexibility index (Phi) is 7.16. The first kappa shape index (κ1) is 22.6. The van der Waals surface area contributed by atoms with Gasteiger partial charge >= 0.3 is 6.09 Å². The lowest BCUT2D eigenvalue weighted by Crippen LogP contribution is -2.51. The molecule has 1 amide bonds. The topological polar surface area (TPSA) is 75.4 Å². The van der Waals surface area contributed by atoms with Crippen molar-refractivity contribution in [1.29, 1.82) is 0 Å². The molecular formula is C20H34N6O3. The molecule has 1 heterocycles. The third-order valence-electron chi connectivity index (χ3n) is 5.03. The van der Waals surface area contributed by atoms with E-state index in [4.69, 9.17) is 9.47 Å². The van der Waals surface area contributed by atoms with Crippen LogP contribution in [0.15, 0.2) is 30.0 Å². The number of aromatic nitrogens is 2. The van der Waals surface area contributed by atoms with Crippen LogP contribution in [0.25, 0.3) is 0 Å². The van der Waals surface area contributed by atoms with E-state index < -0.39 is 5.60 Å². The first-order valence-electron chi connectivity index (χ1n) is 9.78. The number of hydrogen-bond acceptors (Lipinski definition) is 7. The summed E-state index contributed by atoms with van der Waals surface area (Å²) >= 11 is 0. The van der Waals surface area contributed by atoms with Crippen LogP contribution in [0, 0.1) is 5.92 Å². The summed E-state index contributed by atoms with van der Waals surface area (Å²) in [6.45, 7) is 9.84. The van der Waals surface area contributed by atoms with Gasteiger partial charge < -0.3 is 14.4 Å². The van der Waals surface area contributed by atoms with Crippen molar-refractivity contribution in [2.75, 3.05) is 39.9 Å². The molecule has 0 aromatic carbocycles. The molecule has 0 radical (unpaired) electrons. The van der Waals surface area contributed by atoms with E-state index in [0.29, 0.717) is 12.5 Å². The van der Waals surface area contributed by atoms with Gasteiger partial charge in [-0.3, -0.25) is 10.0 Å². The van der Waals surface area contributed by atoms with E-state index >= 15 is 0 Å². The SMILES string of the molecule is C=CN(C)N(C)n1nccc1/C(=N\C)OC[C@H]1CC[C@@H]1N(C)C(=O)OC(C)(C)C. The van der Waals surface area contributed by atoms with Crippen LogP contribution in [0.1, 0.15) is 39.3 Å². The highest BCUT2D eigenvalue weighted by molar-refractivity contribution is 5.92. The minimum absolute atomic E-state index is 0.0995. The van der Waals surface area contributed by atoms with E-state index in [1.807, 2.05) is 40.9 Å². The summed E-state index contributed by atoms with van der Waals surface area (Å²) in [4.78, 5) is 20.0. The summed E-state index contributed by atoms with van der Waals surface area (Å²) in [5.74, 6) is 0.728. The maximum absolute atomic E-state index is 12.3. The summed E-state index contributed by atoms with van der Waals surface area (Å²) in [6.07, 6.45) is 5.00. The molecule has 1 aliphatic carbocycles. The Hall–Kier alpha value is -2.71. The number of carbonyl (C=O) groups excluding carboxylic acids is 1. The molecule has 0 bridgehead atoms. The first-order chi connectivity index (χ1) is 13.6. The molecule has 0 unspecified atom stereocenters. The van der Waals surface area contributed by atoms with Crippen LogP contribution in [0.3, 0.4) is 0 Å². The monoisotopic (exact) mass is 406 g/mol. The molecule has 2 atom stereocenters. The lowest BCUT2D eigenvalue weighted by Gasteiger charge is -2.42. The van der Waals surface area contributed by atoms with Crippen LogP contribution in [-0.2, 0) is 9.47 Å². The molecule has 0 aliphatic heterocycles. The van der Waals surface area contributed by atoms with Crippen molar-refractivity contribution >= 4 is 12.0 Å². The third-order valence-corrected chi connectivity index (χ3v) is 5.03. The summed E-state index contributed by atoms with van der Waals surface area (Å²) in [6, 6.07) is 1.95. The van der Waals surface area contributed by atoms with E-state index in [9.17, 15) is 4.79 Å². The number of ether oxygens (including phenoxy) is 2. The smallest absolute Gasteiger partial charge is 0.410 e. The lowest BCUT2D eigenvalue weighted by molar-refractivity contribution is -0.00617. The van der Waals surface area contributed by atoms with Gasteiger partial charge in [0.05, 0.1) is 12.8 Å². The van der Waals surface area contributed by atoms with Gasteiger partial charge in [-0.15, -0.1) is 0 Å². The van der Waals surface area contributed by atoms with Crippen LogP contribution in [0.4, 0.5) is 4.79 Å². The number of rotatable bonds is 7. The van der Waals surface area contributed by atoms with E-state index in [0.717, 1.165) is 18.5 Å². The summed E-state index contributed by atoms with van der Waals surface area (Å²) in [7, 11) is 7.21. The summed E-state index contributed by atoms with van der Waals surface area (Å²) in [5, 5.41) is 7.92. The Labute approximate surface area is 173 Å². The van der Waals surface area contributed by atoms with Crippen LogP contribution < -0.4 is 5.12 Å². The minimum atomic E-state index is -0.508. The molecule has 29 heavy (non-hydrogen) atoms. The summed E-state index contributed by atoms with van der Waals surface area (Å²) < 4.78 is 11.5. The van der Waals surface area contributed by atoms with Gasteiger partial charge in [0, 0.05) is 46.4 Å². The predicted molar refractivity (Wildman–Crippen MR) is 113 cm³/mol. The highest BCUT2D eigenvalue weighted by Crippen LogP contribution is 2.32. The molecule has 0 N–H and O–H groups in total. The van der Waals surface area contributed by atoms with Gasteiger partial charge in [0.25, 0.3) is 0 Å². The number of hydrogen-bond donors (Lipinski definition) is 0. The predicted octanol–water partition coefficient (Wildman–Crippen LogP) is 2.48. The molecule has 0 saturated heterocycles. The normalized spacial score (nSPS) is 19.2. The number of aliphatic imine (C=N–C) groups is 1. The molecule has 9 nitrogen and oxygen atoms in total. The molecule has 1 aliphatic rings. The molecular weight excluding hydrogens is 372 g/mol. The maximum atomic E-state index is 12.3. The zero-order valence-electron chi connectivity index (χ0n) is 18.6. The van der Waals surface area contributed by atoms with Crippen molar-refractivity contribution in [2.24, 2.45) is 10.9 Å². The van der Waals surface area contributed by atoms with E-state index in [1.54, 1.807) is 46.3 Å². The van der Waals surface area contributed by atoms with Crippen LogP contribution in [0.2, 0.25) is 0 Å². The van der Waals surface area contributed by atoms with Crippen molar-refractivity contribution in [2.45, 2.75) is 45.3 Å². The zero-order chi connectivity index (χ0) is 21.8. The second kappa shape index (κ2) is 9.19. The second-order valence-corrected chi connectivity index (χ2v) is 8.19. The van der Waals surface area contributed by atoms with Gasteiger partial charge in [0.15, 0.2) is 0 Å². The van der Waals surface area contributed by atoms with E-state index in [2.05, 4.69) is 16.7 Å². The van der Waals surface area contributed by atoms with Crippen LogP contribution in [0.5, 0.6) is 0 Å². The van der Waals surface area contributed by atoms with Crippen LogP contribution >= 0.6 is 0 Å². The Balaban J connectivity index is 2.00. The number of amides is 1. The highest BCUT2D eigenvalue weighted by Gasteiger charge is 2.38. The Morgan fingerprint density at radius 2 is 2.07 bits per heavy atom. The minimum Gasteiger partial charge on any atom is -0.476 e. The van der Waals surface area contributed by atoms with Crippen molar-refractivity contribution in [3.63, 3.8) is 0 Å². The van der Waals surface area contributed by atoms with Crippen molar-refractivity contribution in [3.05, 3.63) is 30.7 Å². The number of carbonyl (C=O) groups is 1. The number of nitrogens with zero attached hydrogens (tertiary/aromatic N) is 6. The standard InChI is InChI=1S/C20H34N6O3/c1-9-23(6)25(8)26-17(12-13-22-26)18(21-5)28-14-15-10-11-16(15)24(7)19(27)29-20(2,3)4/h9,12-13,15-16H,1,10-11,14H2,2-8H3/b21-18+/t15-,16+/m1/s1. The van der Waals surface area contributed by atoms with Gasteiger partial charge in [-0.05, 0) is 39.7 Å². The highest BCUT2D eigenvalue weighted by atomic mass is 16.6. The number of hydrazine groups is 1. The third kappa shape index (κ3) is 5.42. The Morgan fingerprint density at radius 3 is 2.59 bits per heavy atom. The molecule has 162 valence electrons. The first-order valence-corrected chi connectivity index (χ1v) is 9.78. The Bertz CT molecular complexity index is 739. The van der Waals surface area contributed by atoms with Crippen molar-refractivity contribution in [3.8, 4) is 0 Å². The molecule has 1 fully saturated rings. The van der Waals surface area contributed by atoms with Crippen molar-refractivity contribution < 1.29 is 14.3 Å². The average molecular weight is 407 g/mol. The van der Waals surface area contributed by atoms with Gasteiger partial charge in [0.1, 0.15) is 11.3 Å². The fourth-order valence-electron chi connectivity index (χ4n) is 3.10. The largest absolute Gasteiger partial charge is 0.476 e. The van der Waals surface area contributed by atoms with E-state index in [1.165, 1.54) is 0 Å². The van der Waals surface area contributed by atoms with Gasteiger partial charge in [0.2, 0.25) is 5.90 Å². The average Bonchev–Trinajstić information content (AvgIpc) is 3.10. The molecule has 2 rings (SSSR count). The molecule has 1 aromatic heterocycles. The van der Waals surface area contributed by atoms with E-state index in [-0.39, 0.29) is 18.1 Å². The van der Waals surface area contributed by atoms with Gasteiger partial charge in [-0.25, -0.2) is 9.91 Å². The van der Waals surface area contributed by atoms with Gasteiger partial charge in [-0.1, -0.05) is 6.58 Å². The quantitative estimate of drug-likeness (QED) is 0.393. The fourth-order valence-corrected chi connectivity index (χ4v) is 3.10.